The molecule has 5 heteroatoms. The first-order valence-electron chi connectivity index (χ1n) is 6.92. The predicted molar refractivity (Wildman–Crippen MR) is 78.5 cm³/mol. The van der Waals surface area contributed by atoms with Gasteiger partial charge in [-0.3, -0.25) is 4.79 Å². The van der Waals surface area contributed by atoms with Crippen LogP contribution in [0.15, 0.2) is 5.38 Å². The lowest BCUT2D eigenvalue weighted by molar-refractivity contribution is 0.0941. The lowest BCUT2D eigenvalue weighted by atomic mass is 9.99. The van der Waals surface area contributed by atoms with Crippen LogP contribution in [0.4, 0.5) is 0 Å². The van der Waals surface area contributed by atoms with Crippen LogP contribution in [0.3, 0.4) is 0 Å². The summed E-state index contributed by atoms with van der Waals surface area (Å²) in [6, 6.07) is 0. The van der Waals surface area contributed by atoms with Crippen LogP contribution >= 0.6 is 11.3 Å². The summed E-state index contributed by atoms with van der Waals surface area (Å²) in [6.07, 6.45) is 4.71. The number of thiazole rings is 1. The molecule has 1 amide bonds. The first kappa shape index (κ1) is 16.1. The van der Waals surface area contributed by atoms with Gasteiger partial charge in [0.15, 0.2) is 0 Å². The van der Waals surface area contributed by atoms with Gasteiger partial charge in [-0.05, 0) is 12.3 Å². The maximum atomic E-state index is 11.9. The molecular weight excluding hydrogens is 260 g/mol. The van der Waals surface area contributed by atoms with Gasteiger partial charge in [-0.1, -0.05) is 33.1 Å². The van der Waals surface area contributed by atoms with E-state index in [4.69, 9.17) is 4.74 Å². The Morgan fingerprint density at radius 3 is 2.95 bits per heavy atom. The van der Waals surface area contributed by atoms with E-state index >= 15 is 0 Å². The Morgan fingerprint density at radius 1 is 1.53 bits per heavy atom. The van der Waals surface area contributed by atoms with E-state index in [0.29, 0.717) is 18.2 Å². The van der Waals surface area contributed by atoms with Crippen LogP contribution in [0, 0.1) is 5.92 Å². The lowest BCUT2D eigenvalue weighted by Gasteiger charge is -2.14. The van der Waals surface area contributed by atoms with E-state index in [1.807, 2.05) is 0 Å². The number of hydrogen-bond acceptors (Lipinski definition) is 4. The number of amides is 1. The molecule has 0 radical (unpaired) electrons. The fourth-order valence-corrected chi connectivity index (χ4v) is 2.62. The molecule has 1 rings (SSSR count). The monoisotopic (exact) mass is 284 g/mol. The highest BCUT2D eigenvalue weighted by Crippen LogP contribution is 2.13. The molecule has 0 fully saturated rings. The molecule has 108 valence electrons. The molecule has 0 saturated carbocycles. The Hall–Kier alpha value is -0.940. The van der Waals surface area contributed by atoms with E-state index in [2.05, 4.69) is 24.1 Å². The lowest BCUT2D eigenvalue weighted by Crippen LogP contribution is -2.29. The minimum absolute atomic E-state index is 0.0754. The molecule has 1 atom stereocenters. The standard InChI is InChI=1S/C14H24N2O2S/c1-4-6-7-11(5-2)8-15-14(17)12-10-19-13(16-12)9-18-3/h10-11H,4-9H2,1-3H3,(H,15,17)/t11-/m0/s1. The molecule has 0 aliphatic heterocycles. The first-order valence-corrected chi connectivity index (χ1v) is 7.80. The van der Waals surface area contributed by atoms with Crippen LogP contribution in [0.2, 0.25) is 0 Å². The largest absolute Gasteiger partial charge is 0.378 e. The third-order valence-corrected chi connectivity index (χ3v) is 3.97. The van der Waals surface area contributed by atoms with E-state index < -0.39 is 0 Å². The number of rotatable bonds is 9. The van der Waals surface area contributed by atoms with Gasteiger partial charge < -0.3 is 10.1 Å². The highest BCUT2D eigenvalue weighted by molar-refractivity contribution is 7.09. The van der Waals surface area contributed by atoms with Crippen molar-refractivity contribution < 1.29 is 9.53 Å². The second-order valence-electron chi connectivity index (χ2n) is 4.69. The Morgan fingerprint density at radius 2 is 2.32 bits per heavy atom. The van der Waals surface area contributed by atoms with Crippen molar-refractivity contribution in [3.63, 3.8) is 0 Å². The van der Waals surface area contributed by atoms with E-state index in [0.717, 1.165) is 18.0 Å². The predicted octanol–water partition coefficient (Wildman–Crippen LogP) is 3.24. The van der Waals surface area contributed by atoms with Gasteiger partial charge in [0.2, 0.25) is 0 Å². The normalized spacial score (nSPS) is 12.4. The van der Waals surface area contributed by atoms with E-state index in [-0.39, 0.29) is 5.91 Å². The highest BCUT2D eigenvalue weighted by Gasteiger charge is 2.12. The number of unbranched alkanes of at least 4 members (excludes halogenated alkanes) is 1. The zero-order valence-corrected chi connectivity index (χ0v) is 12.9. The molecule has 1 N–H and O–H groups in total. The molecule has 0 spiro atoms. The van der Waals surface area contributed by atoms with Gasteiger partial charge in [0.25, 0.3) is 5.91 Å². The fourth-order valence-electron chi connectivity index (χ4n) is 1.88. The summed E-state index contributed by atoms with van der Waals surface area (Å²) in [4.78, 5) is 16.2. The van der Waals surface area contributed by atoms with Gasteiger partial charge in [0.1, 0.15) is 10.7 Å². The average molecular weight is 284 g/mol. The van der Waals surface area contributed by atoms with E-state index in [9.17, 15) is 4.79 Å². The Balaban J connectivity index is 2.40. The van der Waals surface area contributed by atoms with Gasteiger partial charge in [0, 0.05) is 19.0 Å². The summed E-state index contributed by atoms with van der Waals surface area (Å²) in [6.45, 7) is 5.57. The summed E-state index contributed by atoms with van der Waals surface area (Å²) < 4.78 is 5.00. The molecule has 0 aromatic carbocycles. The molecule has 1 aromatic rings. The summed E-state index contributed by atoms with van der Waals surface area (Å²) >= 11 is 1.46. The number of nitrogens with one attached hydrogen (secondary N) is 1. The number of carbonyl (C=O) groups is 1. The molecule has 0 saturated heterocycles. The van der Waals surface area contributed by atoms with Crippen LogP contribution in [0.25, 0.3) is 0 Å². The van der Waals surface area contributed by atoms with Gasteiger partial charge >= 0.3 is 0 Å². The van der Waals surface area contributed by atoms with Crippen LogP contribution in [0.5, 0.6) is 0 Å². The van der Waals surface area contributed by atoms with Crippen molar-refractivity contribution in [3.8, 4) is 0 Å². The molecule has 4 nitrogen and oxygen atoms in total. The fraction of sp³-hybridized carbons (Fsp3) is 0.714. The molecule has 0 aliphatic rings. The quantitative estimate of drug-likeness (QED) is 0.757. The second kappa shape index (κ2) is 9.04. The van der Waals surface area contributed by atoms with E-state index in [1.54, 1.807) is 12.5 Å². The number of nitrogens with zero attached hydrogens (tertiary/aromatic N) is 1. The topological polar surface area (TPSA) is 51.2 Å². The Labute approximate surface area is 119 Å². The summed E-state index contributed by atoms with van der Waals surface area (Å²) in [5.74, 6) is 0.495. The third-order valence-electron chi connectivity index (χ3n) is 3.15. The van der Waals surface area contributed by atoms with Crippen molar-refractivity contribution in [2.45, 2.75) is 46.1 Å². The zero-order chi connectivity index (χ0) is 14.1. The van der Waals surface area contributed by atoms with Crippen molar-refractivity contribution in [1.82, 2.24) is 10.3 Å². The summed E-state index contributed by atoms with van der Waals surface area (Å²) in [5.41, 5.74) is 0.502. The maximum Gasteiger partial charge on any atom is 0.270 e. The molecule has 0 aliphatic carbocycles. The van der Waals surface area contributed by atoms with Gasteiger partial charge in [0.05, 0.1) is 6.61 Å². The molecule has 1 heterocycles. The highest BCUT2D eigenvalue weighted by atomic mass is 32.1. The third kappa shape index (κ3) is 5.70. The van der Waals surface area contributed by atoms with E-state index in [1.165, 1.54) is 30.6 Å². The minimum Gasteiger partial charge on any atom is -0.378 e. The number of ether oxygens (including phenoxy) is 1. The summed E-state index contributed by atoms with van der Waals surface area (Å²) in [5, 5.41) is 5.61. The van der Waals surface area contributed by atoms with Crippen molar-refractivity contribution in [1.29, 1.82) is 0 Å². The van der Waals surface area contributed by atoms with Crippen molar-refractivity contribution in [2.75, 3.05) is 13.7 Å². The number of aromatic nitrogens is 1. The second-order valence-corrected chi connectivity index (χ2v) is 5.63. The van der Waals surface area contributed by atoms with Gasteiger partial charge in [-0.2, -0.15) is 0 Å². The smallest absolute Gasteiger partial charge is 0.270 e. The molecule has 1 aromatic heterocycles. The first-order chi connectivity index (χ1) is 9.21. The number of carbonyl (C=O) groups excluding carboxylic acids is 1. The molecule has 19 heavy (non-hydrogen) atoms. The molecule has 0 unspecified atom stereocenters. The maximum absolute atomic E-state index is 11.9. The zero-order valence-electron chi connectivity index (χ0n) is 12.1. The Kier molecular flexibility index (Phi) is 7.67. The number of hydrogen-bond donors (Lipinski definition) is 1. The van der Waals surface area contributed by atoms with Gasteiger partial charge in [-0.25, -0.2) is 4.98 Å². The molecule has 0 bridgehead atoms. The van der Waals surface area contributed by atoms with Crippen LogP contribution in [-0.4, -0.2) is 24.5 Å². The number of methoxy groups -OCH3 is 1. The van der Waals surface area contributed by atoms with Crippen LogP contribution in [0.1, 0.15) is 55.0 Å². The van der Waals surface area contributed by atoms with Crippen molar-refractivity contribution >= 4 is 17.2 Å². The van der Waals surface area contributed by atoms with Crippen LogP contribution < -0.4 is 5.32 Å². The minimum atomic E-state index is -0.0754. The SMILES string of the molecule is CCCC[C@H](CC)CNC(=O)c1csc(COC)n1. The van der Waals surface area contributed by atoms with Crippen molar-refractivity contribution in [3.05, 3.63) is 16.1 Å². The van der Waals surface area contributed by atoms with Crippen molar-refractivity contribution in [2.24, 2.45) is 5.92 Å². The van der Waals surface area contributed by atoms with Gasteiger partial charge in [-0.15, -0.1) is 11.3 Å². The van der Waals surface area contributed by atoms with Crippen LogP contribution in [-0.2, 0) is 11.3 Å². The summed E-state index contributed by atoms with van der Waals surface area (Å²) in [7, 11) is 1.63. The molecular formula is C14H24N2O2S. The Bertz CT molecular complexity index is 379. The average Bonchev–Trinajstić information content (AvgIpc) is 2.88.